The molecule has 0 aromatic heterocycles. The third-order valence-corrected chi connectivity index (χ3v) is 11.1. The molecule has 4 nitrogen and oxygen atoms in total. The minimum atomic E-state index is -0.340. The lowest BCUT2D eigenvalue weighted by Gasteiger charge is -2.24. The summed E-state index contributed by atoms with van der Waals surface area (Å²) in [5.41, 5.74) is 12.1. The van der Waals surface area contributed by atoms with Gasteiger partial charge in [0, 0.05) is 39.8 Å². The number of fused-ring (bicyclic) bond motifs is 5. The minimum Gasteiger partial charge on any atom is -0.507 e. The van der Waals surface area contributed by atoms with Gasteiger partial charge in [-0.3, -0.25) is 0 Å². The lowest BCUT2D eigenvalue weighted by molar-refractivity contribution is 0.108. The van der Waals surface area contributed by atoms with E-state index in [1.807, 2.05) is 36.4 Å². The van der Waals surface area contributed by atoms with Crippen LogP contribution in [0.5, 0.6) is 23.0 Å². The number of benzene rings is 8. The van der Waals surface area contributed by atoms with Gasteiger partial charge in [0.1, 0.15) is 35.7 Å². The number of aryl methyl sites for hydroxylation is 4. The van der Waals surface area contributed by atoms with E-state index in [0.717, 1.165) is 83.5 Å². The van der Waals surface area contributed by atoms with Crippen LogP contribution in [0.3, 0.4) is 0 Å². The lowest BCUT2D eigenvalue weighted by atomic mass is 9.90. The highest BCUT2D eigenvalue weighted by molar-refractivity contribution is 6.02. The number of rotatable bonds is 6. The van der Waals surface area contributed by atoms with Crippen molar-refractivity contribution in [1.29, 1.82) is 0 Å². The molecule has 0 saturated carbocycles. The number of phenolic OH excluding ortho intramolecular Hbond substituents is 1. The standard InChI is InChI=1S/C52H44O4/c1-32-20-26-48(45(29-32)41-15-9-17-43(51(41)53)49-34(3)21-23-36-11-5-7-13-39(36)49)55-31-38-27-28-54-47-25-19-33(2)30-46(47)42-16-10-18-44(52(42)56-38)50-35(4)22-24-37-12-6-8-14-40(37)50/h5-26,29-30,38,53H,27-28,31H2,1-4H3. The van der Waals surface area contributed by atoms with Crippen molar-refractivity contribution in [2.24, 2.45) is 0 Å². The van der Waals surface area contributed by atoms with Crippen molar-refractivity contribution in [2.75, 3.05) is 13.2 Å². The summed E-state index contributed by atoms with van der Waals surface area (Å²) >= 11 is 0. The molecule has 0 aliphatic carbocycles. The largest absolute Gasteiger partial charge is 0.507 e. The van der Waals surface area contributed by atoms with Crippen LogP contribution < -0.4 is 14.2 Å². The molecular formula is C52H44O4. The second-order valence-electron chi connectivity index (χ2n) is 15.0. The Morgan fingerprint density at radius 1 is 0.554 bits per heavy atom. The summed E-state index contributed by atoms with van der Waals surface area (Å²) in [5.74, 6) is 2.57. The van der Waals surface area contributed by atoms with Crippen molar-refractivity contribution >= 4 is 21.5 Å². The zero-order valence-electron chi connectivity index (χ0n) is 32.2. The van der Waals surface area contributed by atoms with Crippen molar-refractivity contribution in [2.45, 2.75) is 40.2 Å². The van der Waals surface area contributed by atoms with Crippen molar-refractivity contribution in [3.8, 4) is 67.5 Å². The quantitative estimate of drug-likeness (QED) is 0.185. The summed E-state index contributed by atoms with van der Waals surface area (Å²) in [6, 6.07) is 50.4. The topological polar surface area (TPSA) is 47.9 Å². The summed E-state index contributed by atoms with van der Waals surface area (Å²) in [6.07, 6.45) is 0.269. The Morgan fingerprint density at radius 2 is 1.14 bits per heavy atom. The fourth-order valence-corrected chi connectivity index (χ4v) is 8.30. The van der Waals surface area contributed by atoms with Gasteiger partial charge in [0.2, 0.25) is 0 Å². The van der Waals surface area contributed by atoms with Crippen LogP contribution in [0.4, 0.5) is 0 Å². The molecule has 1 atom stereocenters. The molecule has 0 fully saturated rings. The summed E-state index contributed by atoms with van der Waals surface area (Å²) < 4.78 is 20.5. The monoisotopic (exact) mass is 732 g/mol. The van der Waals surface area contributed by atoms with Crippen LogP contribution in [0.1, 0.15) is 28.7 Å². The van der Waals surface area contributed by atoms with Gasteiger partial charge >= 0.3 is 0 Å². The van der Waals surface area contributed by atoms with Crippen LogP contribution in [-0.2, 0) is 0 Å². The Hall–Kier alpha value is -6.52. The molecule has 9 rings (SSSR count). The van der Waals surface area contributed by atoms with Gasteiger partial charge in [-0.25, -0.2) is 0 Å². The second kappa shape index (κ2) is 14.6. The van der Waals surface area contributed by atoms with Gasteiger partial charge in [0.25, 0.3) is 0 Å². The Labute approximate surface area is 328 Å². The maximum atomic E-state index is 12.1. The zero-order valence-corrected chi connectivity index (χ0v) is 32.2. The normalized spacial score (nSPS) is 13.8. The van der Waals surface area contributed by atoms with Crippen molar-refractivity contribution in [3.63, 3.8) is 0 Å². The average Bonchev–Trinajstić information content (AvgIpc) is 3.28. The van der Waals surface area contributed by atoms with Gasteiger partial charge in [0.15, 0.2) is 0 Å². The van der Waals surface area contributed by atoms with Crippen LogP contribution in [0.2, 0.25) is 0 Å². The van der Waals surface area contributed by atoms with Gasteiger partial charge in [-0.1, -0.05) is 132 Å². The number of phenols is 1. The summed E-state index contributed by atoms with van der Waals surface area (Å²) in [6.45, 7) is 9.19. The first-order valence-electron chi connectivity index (χ1n) is 19.4. The number of hydrogen-bond acceptors (Lipinski definition) is 4. The van der Waals surface area contributed by atoms with Crippen molar-refractivity contribution < 1.29 is 19.3 Å². The highest BCUT2D eigenvalue weighted by Gasteiger charge is 2.26. The average molecular weight is 733 g/mol. The molecule has 8 aromatic rings. The van der Waals surface area contributed by atoms with E-state index in [9.17, 15) is 5.11 Å². The molecule has 1 unspecified atom stereocenters. The Kier molecular flexibility index (Phi) is 9.19. The first-order chi connectivity index (χ1) is 27.3. The highest BCUT2D eigenvalue weighted by atomic mass is 16.5. The van der Waals surface area contributed by atoms with Gasteiger partial charge in [-0.2, -0.15) is 0 Å². The first-order valence-corrected chi connectivity index (χ1v) is 19.4. The molecule has 0 radical (unpaired) electrons. The van der Waals surface area contributed by atoms with E-state index in [4.69, 9.17) is 14.2 Å². The minimum absolute atomic E-state index is 0.228. The van der Waals surface area contributed by atoms with Gasteiger partial charge in [-0.05, 0) is 95.8 Å². The van der Waals surface area contributed by atoms with E-state index < -0.39 is 0 Å². The van der Waals surface area contributed by atoms with E-state index in [-0.39, 0.29) is 18.5 Å². The fraction of sp³-hybridized carbons (Fsp3) is 0.154. The molecule has 276 valence electrons. The van der Waals surface area contributed by atoms with E-state index >= 15 is 0 Å². The number of ether oxygens (including phenoxy) is 3. The molecule has 1 N–H and O–H groups in total. The molecule has 4 heteroatoms. The summed E-state index contributed by atoms with van der Waals surface area (Å²) in [5, 5.41) is 16.7. The third-order valence-electron chi connectivity index (χ3n) is 11.1. The summed E-state index contributed by atoms with van der Waals surface area (Å²) in [7, 11) is 0. The smallest absolute Gasteiger partial charge is 0.136 e. The molecule has 1 aliphatic rings. The second-order valence-corrected chi connectivity index (χ2v) is 15.0. The molecular weight excluding hydrogens is 689 g/mol. The Morgan fingerprint density at radius 3 is 1.86 bits per heavy atom. The molecule has 0 amide bonds. The molecule has 0 bridgehead atoms. The first kappa shape index (κ1) is 35.2. The van der Waals surface area contributed by atoms with Crippen LogP contribution in [0.25, 0.3) is 66.1 Å². The number of aromatic hydroxyl groups is 1. The van der Waals surface area contributed by atoms with Crippen LogP contribution in [0, 0.1) is 27.7 Å². The number of hydrogen-bond donors (Lipinski definition) is 1. The summed E-state index contributed by atoms with van der Waals surface area (Å²) in [4.78, 5) is 0. The predicted molar refractivity (Wildman–Crippen MR) is 230 cm³/mol. The van der Waals surface area contributed by atoms with Gasteiger partial charge in [-0.15, -0.1) is 0 Å². The van der Waals surface area contributed by atoms with Gasteiger partial charge in [0.05, 0.1) is 6.61 Å². The molecule has 0 saturated heterocycles. The van der Waals surface area contributed by atoms with E-state index in [2.05, 4.69) is 137 Å². The molecule has 56 heavy (non-hydrogen) atoms. The molecule has 8 aromatic carbocycles. The molecule has 1 heterocycles. The Balaban J connectivity index is 1.11. The van der Waals surface area contributed by atoms with Gasteiger partial charge < -0.3 is 19.3 Å². The lowest BCUT2D eigenvalue weighted by Crippen LogP contribution is -2.27. The van der Waals surface area contributed by atoms with Crippen molar-refractivity contribution in [1.82, 2.24) is 0 Å². The molecule has 0 spiro atoms. The van der Waals surface area contributed by atoms with Crippen LogP contribution >= 0.6 is 0 Å². The zero-order chi connectivity index (χ0) is 38.3. The van der Waals surface area contributed by atoms with E-state index in [1.165, 1.54) is 16.3 Å². The SMILES string of the molecule is Cc1ccc(OCC2CCOc3ccc(C)cc3-c3cccc(-c4c(C)ccc5ccccc45)c3O2)c(-c2cccc(-c3c(C)ccc4ccccc34)c2O)c1. The fourth-order valence-electron chi connectivity index (χ4n) is 8.30. The van der Waals surface area contributed by atoms with Crippen molar-refractivity contribution in [3.05, 3.63) is 168 Å². The maximum Gasteiger partial charge on any atom is 0.136 e. The predicted octanol–water partition coefficient (Wildman–Crippen LogP) is 13.2. The number of para-hydroxylation sites is 2. The third kappa shape index (κ3) is 6.41. The highest BCUT2D eigenvalue weighted by Crippen LogP contribution is 2.48. The maximum absolute atomic E-state index is 12.1. The van der Waals surface area contributed by atoms with E-state index in [0.29, 0.717) is 18.8 Å². The Bertz CT molecular complexity index is 2780. The molecule has 1 aliphatic heterocycles. The van der Waals surface area contributed by atoms with E-state index in [1.54, 1.807) is 0 Å². The van der Waals surface area contributed by atoms with Crippen LogP contribution in [0.15, 0.2) is 146 Å². The van der Waals surface area contributed by atoms with Crippen LogP contribution in [-0.4, -0.2) is 24.4 Å².